The number of nitrogens with one attached hydrogen (secondary N) is 14. The number of benzene rings is 5. The number of hydrogen-bond acceptors (Lipinski definition) is 24. The zero-order valence-electron chi connectivity index (χ0n) is 71.3. The number of thioether (sulfide) groups is 1. The third-order valence-electron chi connectivity index (χ3n) is 21.3. The van der Waals surface area contributed by atoms with Crippen LogP contribution in [0.1, 0.15) is 107 Å². The molecule has 0 saturated carbocycles. The van der Waals surface area contributed by atoms with E-state index in [-0.39, 0.29) is 57.8 Å². The number of aromatic amines is 1. The highest BCUT2D eigenvalue weighted by Crippen LogP contribution is 2.26. The van der Waals surface area contributed by atoms with Gasteiger partial charge in [0.2, 0.25) is 106 Å². The van der Waals surface area contributed by atoms with Gasteiger partial charge >= 0.3 is 5.97 Å². The first kappa shape index (κ1) is 101. The summed E-state index contributed by atoms with van der Waals surface area (Å²) in [6, 6.07) is 12.1. The monoisotopic (exact) mass is 1820 g/mol. The Hall–Kier alpha value is -14.1. The molecule has 28 N–H and O–H groups in total. The van der Waals surface area contributed by atoms with Crippen LogP contribution in [0.4, 0.5) is 0 Å². The van der Waals surface area contributed by atoms with Crippen molar-refractivity contribution in [3.05, 3.63) is 150 Å². The van der Waals surface area contributed by atoms with Gasteiger partial charge in [-0.2, -0.15) is 11.8 Å². The van der Waals surface area contributed by atoms with Crippen LogP contribution in [0.15, 0.2) is 128 Å². The number of rotatable bonds is 41. The van der Waals surface area contributed by atoms with Gasteiger partial charge in [0, 0.05) is 107 Å². The van der Waals surface area contributed by atoms with E-state index in [0.717, 1.165) is 31.0 Å². The number of nitrogens with two attached hydrogens (primary N) is 6. The van der Waals surface area contributed by atoms with Gasteiger partial charge in [-0.3, -0.25) is 91.1 Å². The number of aliphatic hydroxyl groups excluding tert-OH is 1. The van der Waals surface area contributed by atoms with E-state index in [2.05, 4.69) is 74.1 Å². The maximum atomic E-state index is 15.9. The number of H-pyrrole nitrogens is 1. The van der Waals surface area contributed by atoms with Gasteiger partial charge in [-0.05, 0) is 89.6 Å². The summed E-state index contributed by atoms with van der Waals surface area (Å²) in [5.41, 5.74) is 33.3. The molecule has 698 valence electrons. The lowest BCUT2D eigenvalue weighted by atomic mass is 9.87. The number of fused-ring (bicyclic) bond motifs is 2. The maximum absolute atomic E-state index is 15.9. The molecule has 2 fully saturated rings. The fraction of sp³-hybridized carbons (Fsp3) is 0.430. The molecule has 0 spiro atoms. The number of aliphatic carboxylic acids is 1. The summed E-state index contributed by atoms with van der Waals surface area (Å²) < 4.78 is 11.4. The summed E-state index contributed by atoms with van der Waals surface area (Å²) in [5, 5.41) is 56.1. The molecular formula is C86H110N20O23S. The molecule has 2 saturated heterocycles. The number of ether oxygens (including phenoxy) is 2. The van der Waals surface area contributed by atoms with Gasteiger partial charge in [0.25, 0.3) is 0 Å². The summed E-state index contributed by atoms with van der Waals surface area (Å²) >= 11 is 0.856. The molecule has 8 rings (SSSR count). The van der Waals surface area contributed by atoms with E-state index in [1.165, 1.54) is 30.5 Å². The van der Waals surface area contributed by atoms with Crippen molar-refractivity contribution in [1.82, 2.24) is 74.1 Å². The van der Waals surface area contributed by atoms with Crippen LogP contribution in [0.5, 0.6) is 5.75 Å². The number of hydrogen-bond donors (Lipinski definition) is 22. The highest BCUT2D eigenvalue weighted by atomic mass is 32.2. The quantitative estimate of drug-likeness (QED) is 0.0170. The van der Waals surface area contributed by atoms with Gasteiger partial charge in [0.05, 0.1) is 18.9 Å². The third-order valence-corrected chi connectivity index (χ3v) is 22.4. The average molecular weight is 1820 g/mol. The third kappa shape index (κ3) is 31.4. The molecule has 18 amide bonds. The summed E-state index contributed by atoms with van der Waals surface area (Å²) in [6.07, 6.45) is -8.36. The number of aromatic nitrogens is 1. The van der Waals surface area contributed by atoms with Crippen molar-refractivity contribution in [3.63, 3.8) is 0 Å². The van der Waals surface area contributed by atoms with Crippen LogP contribution >= 0.6 is 11.8 Å². The number of carbonyl (C=O) groups is 19. The number of carboxylic acid groups (broad SMARTS) is 1. The molecule has 130 heavy (non-hydrogen) atoms. The summed E-state index contributed by atoms with van der Waals surface area (Å²) in [4.78, 5) is 270. The molecule has 2 aliphatic heterocycles. The molecule has 0 bridgehead atoms. The fourth-order valence-corrected chi connectivity index (χ4v) is 15.4. The van der Waals surface area contributed by atoms with Crippen molar-refractivity contribution in [2.75, 3.05) is 37.9 Å². The van der Waals surface area contributed by atoms with Crippen LogP contribution in [0, 0.1) is 0 Å². The number of aliphatic hydroxyl groups is 1. The average Bonchev–Trinajstić information content (AvgIpc) is 1.29. The van der Waals surface area contributed by atoms with Crippen LogP contribution in [0.25, 0.3) is 21.7 Å². The number of primary amides is 5. The van der Waals surface area contributed by atoms with Crippen LogP contribution < -0.4 is 108 Å². The molecule has 0 radical (unpaired) electrons. The largest absolute Gasteiger partial charge is 0.492 e. The van der Waals surface area contributed by atoms with Crippen molar-refractivity contribution in [3.8, 4) is 5.75 Å². The van der Waals surface area contributed by atoms with Gasteiger partial charge in [-0.15, -0.1) is 0 Å². The Morgan fingerprint density at radius 2 is 1.08 bits per heavy atom. The van der Waals surface area contributed by atoms with Crippen LogP contribution in [-0.4, -0.2) is 250 Å². The fourth-order valence-electron chi connectivity index (χ4n) is 14.4. The van der Waals surface area contributed by atoms with Gasteiger partial charge in [0.1, 0.15) is 90.4 Å². The van der Waals surface area contributed by atoms with E-state index in [0.29, 0.717) is 44.3 Å². The minimum atomic E-state index is -2.12. The predicted molar refractivity (Wildman–Crippen MR) is 468 cm³/mol. The van der Waals surface area contributed by atoms with Crippen LogP contribution in [-0.2, 0) is 122 Å². The molecule has 43 nitrogen and oxygen atoms in total. The second-order valence-electron chi connectivity index (χ2n) is 31.4. The van der Waals surface area contributed by atoms with Crippen molar-refractivity contribution < 1.29 is 111 Å². The number of para-hydroxylation sites is 1. The first-order valence-corrected chi connectivity index (χ1v) is 42.9. The van der Waals surface area contributed by atoms with E-state index < -0.39 is 273 Å². The summed E-state index contributed by atoms with van der Waals surface area (Å²) in [5.74, 6) is -21.8. The van der Waals surface area contributed by atoms with Gasteiger partial charge in [0.15, 0.2) is 0 Å². The lowest BCUT2D eigenvalue weighted by Crippen LogP contribution is -2.67. The zero-order valence-corrected chi connectivity index (χ0v) is 72.1. The molecule has 5 aromatic carbocycles. The van der Waals surface area contributed by atoms with E-state index in [1.807, 2.05) is 6.07 Å². The van der Waals surface area contributed by atoms with Gasteiger partial charge in [-0.1, -0.05) is 103 Å². The lowest BCUT2D eigenvalue weighted by Gasteiger charge is -2.38. The van der Waals surface area contributed by atoms with E-state index in [9.17, 15) is 67.7 Å². The van der Waals surface area contributed by atoms with Crippen LogP contribution in [0.2, 0.25) is 0 Å². The van der Waals surface area contributed by atoms with E-state index in [4.69, 9.17) is 43.9 Å². The number of amides is 18. The van der Waals surface area contributed by atoms with E-state index in [1.54, 1.807) is 91.0 Å². The molecular weight excluding hydrogens is 1710 g/mol. The smallest absolute Gasteiger partial charge is 0.303 e. The highest BCUT2D eigenvalue weighted by Gasteiger charge is 2.46. The SMILES string of the molecule is CC(=O)N[C@H](Cc1ccccc1)C(=O)N[C@H]1CCSC[C@@H](C(=O)N[C@@H](Cc2ccc(OCCN)cc2)C(=O)N[C@@H](Cc2ccc3ccccc3c2)C(=O)NC2(C(=O)N[C@@H](CCC(=O)O)C(=O)N[C@@H](CC(N)=O)C(=O)N[C@@H](CC(N)=O)C(N)=O)CCOCC2)NC(=O)[C@H](CCC(N)=O)NC(=O)[C@H](Cc2c[nH]c3ccccc23)NC(=O)[C@H]([C@@H](C)O)NC(=O)[C@H](CCC(N)=O)NC1=O. The topological polar surface area (TPSA) is 712 Å². The second kappa shape index (κ2) is 49.3. The molecule has 1 aromatic heterocycles. The molecule has 3 heterocycles. The maximum Gasteiger partial charge on any atom is 0.303 e. The first-order valence-electron chi connectivity index (χ1n) is 41.8. The Labute approximate surface area is 749 Å². The Morgan fingerprint density at radius 3 is 1.71 bits per heavy atom. The molecule has 2 aliphatic rings. The highest BCUT2D eigenvalue weighted by molar-refractivity contribution is 7.99. The van der Waals surface area contributed by atoms with Crippen molar-refractivity contribution >= 4 is 146 Å². The minimum absolute atomic E-state index is 0.0815. The lowest BCUT2D eigenvalue weighted by molar-refractivity contribution is -0.142. The Balaban J connectivity index is 1.21. The minimum Gasteiger partial charge on any atom is -0.492 e. The summed E-state index contributed by atoms with van der Waals surface area (Å²) in [7, 11) is 0. The zero-order chi connectivity index (χ0) is 94.9. The molecule has 0 aliphatic carbocycles. The standard InChI is InChI=1S/C86H110N20O23S/c1-45(107)72-84(126)102-64(40-52-43-93-55-15-9-8-14-54(52)55)80(122)96-56(22-25-67(88)109)74(116)103-66(44-130-35-28-59(76(118)95-57(77(119)105-72)23-26-68(89)110)97-78(120)61(94-46(2)108)37-47-10-4-3-5-11-47)82(124)99-62(38-48-17-20-53(21-18-48)129-34-31-87)79(121)100-63(39-49-16-19-50-12-6-7-13-51(50)36-49)83(125)106-86(29-32-128-33-30-86)85(127)104-58(24-27-71(113)114)75(117)101-65(42-70(91)112)81(123)98-60(73(92)115)41-69(90)111/h3-21,36,43,45,56-66,72,93,107H,22-35,37-42,44,87H2,1-2H3,(H2,88,109)(H2,89,110)(H2,90,111)(H2,91,112)(H2,92,115)(H,94,108)(H,95,118)(H,96,122)(H,97,120)(H,98,123)(H,99,124)(H,100,121)(H,101,117)(H,102,126)(H,103,116)(H,104,127)(H,105,119)(H,106,125)(H,113,114)/t45-,56+,57+,58+,59+,60+,61-,62+,63+,64+,65+,66+,72+/m1/s1. The molecule has 0 unspecified atom stereocenters. The van der Waals surface area contributed by atoms with Gasteiger partial charge in [-0.25, -0.2) is 0 Å². The predicted octanol–water partition coefficient (Wildman–Crippen LogP) is -5.42. The number of carbonyl (C=O) groups excluding carboxylic acids is 18. The van der Waals surface area contributed by atoms with E-state index >= 15 is 33.6 Å². The Kier molecular flexibility index (Phi) is 38.4. The Morgan fingerprint density at radius 1 is 0.546 bits per heavy atom. The Bertz CT molecular complexity index is 5110. The molecule has 6 aromatic rings. The second-order valence-corrected chi connectivity index (χ2v) is 32.6. The summed E-state index contributed by atoms with van der Waals surface area (Å²) in [6.45, 7) is 1.98. The normalized spacial score (nSPS) is 19.2. The molecule has 13 atom stereocenters. The van der Waals surface area contributed by atoms with Crippen molar-refractivity contribution in [2.24, 2.45) is 34.4 Å². The van der Waals surface area contributed by atoms with Crippen molar-refractivity contribution in [1.29, 1.82) is 0 Å². The van der Waals surface area contributed by atoms with Gasteiger partial charge < -0.3 is 128 Å². The first-order chi connectivity index (χ1) is 61.9. The number of carboxylic acids is 1. The van der Waals surface area contributed by atoms with Crippen molar-refractivity contribution in [2.45, 2.75) is 194 Å². The molecule has 44 heteroatoms. The van der Waals surface area contributed by atoms with Crippen LogP contribution in [0.3, 0.4) is 0 Å².